The summed E-state index contributed by atoms with van der Waals surface area (Å²) in [5, 5.41) is 10.4. The Balaban J connectivity index is 2.58. The van der Waals surface area contributed by atoms with Crippen molar-refractivity contribution in [3.05, 3.63) is 11.9 Å². The highest BCUT2D eigenvalue weighted by Crippen LogP contribution is 2.21. The normalized spacial score (nSPS) is 10.9. The van der Waals surface area contributed by atoms with Crippen LogP contribution in [0.3, 0.4) is 0 Å². The van der Waals surface area contributed by atoms with Gasteiger partial charge in [-0.25, -0.2) is 0 Å². The summed E-state index contributed by atoms with van der Waals surface area (Å²) in [4.78, 5) is 11.7. The van der Waals surface area contributed by atoms with Crippen LogP contribution in [-0.4, -0.2) is 28.8 Å². The van der Waals surface area contributed by atoms with Gasteiger partial charge in [-0.05, 0) is 12.5 Å². The quantitative estimate of drug-likeness (QED) is 0.738. The number of aryl methyl sites for hydroxylation is 1. The molecule has 0 aliphatic carbocycles. The second-order valence-electron chi connectivity index (χ2n) is 4.41. The molecule has 0 spiro atoms. The fourth-order valence-corrected chi connectivity index (χ4v) is 1.62. The summed E-state index contributed by atoms with van der Waals surface area (Å²) in [5.41, 5.74) is 1.76. The zero-order chi connectivity index (χ0) is 12.8. The number of nitrogens with zero attached hydrogens (tertiary/aromatic N) is 2. The number of hydrogen-bond donors (Lipinski definition) is 2. The molecule has 0 aromatic carbocycles. The molecule has 5 heteroatoms. The van der Waals surface area contributed by atoms with Crippen LogP contribution in [0.1, 0.15) is 38.8 Å². The summed E-state index contributed by atoms with van der Waals surface area (Å²) in [6.07, 6.45) is 2.33. The Morgan fingerprint density at radius 2 is 2.24 bits per heavy atom. The Bertz CT molecular complexity index is 371. The van der Waals surface area contributed by atoms with E-state index in [4.69, 9.17) is 0 Å². The van der Waals surface area contributed by atoms with Gasteiger partial charge in [0.1, 0.15) is 0 Å². The molecule has 1 aromatic heterocycles. The van der Waals surface area contributed by atoms with Crippen molar-refractivity contribution < 1.29 is 4.79 Å². The van der Waals surface area contributed by atoms with E-state index in [9.17, 15) is 4.79 Å². The molecule has 1 heterocycles. The first-order valence-electron chi connectivity index (χ1n) is 6.08. The van der Waals surface area contributed by atoms with Gasteiger partial charge in [0.15, 0.2) is 0 Å². The fraction of sp³-hybridized carbons (Fsp3) is 0.667. The van der Waals surface area contributed by atoms with Crippen molar-refractivity contribution in [1.82, 2.24) is 15.1 Å². The van der Waals surface area contributed by atoms with Gasteiger partial charge in [0.05, 0.1) is 11.4 Å². The predicted octanol–water partition coefficient (Wildman–Crippen LogP) is 1.48. The molecular weight excluding hydrogens is 216 g/mol. The van der Waals surface area contributed by atoms with Crippen molar-refractivity contribution in [2.45, 2.75) is 33.1 Å². The molecule has 0 aliphatic rings. The fourth-order valence-electron chi connectivity index (χ4n) is 1.62. The Hall–Kier alpha value is -1.36. The van der Waals surface area contributed by atoms with E-state index in [1.165, 1.54) is 0 Å². The molecule has 1 amide bonds. The highest BCUT2D eigenvalue weighted by atomic mass is 16.1. The van der Waals surface area contributed by atoms with E-state index in [0.29, 0.717) is 18.9 Å². The minimum Gasteiger partial charge on any atom is -0.323 e. The third kappa shape index (κ3) is 4.19. The lowest BCUT2D eigenvalue weighted by Crippen LogP contribution is -2.21. The van der Waals surface area contributed by atoms with Crippen LogP contribution in [0.2, 0.25) is 0 Å². The maximum atomic E-state index is 11.7. The molecule has 1 rings (SSSR count). The number of rotatable bonds is 6. The van der Waals surface area contributed by atoms with Crippen molar-refractivity contribution in [2.24, 2.45) is 7.05 Å². The first kappa shape index (κ1) is 13.7. The second-order valence-corrected chi connectivity index (χ2v) is 4.41. The summed E-state index contributed by atoms with van der Waals surface area (Å²) < 4.78 is 1.73. The largest absolute Gasteiger partial charge is 0.323 e. The lowest BCUT2D eigenvalue weighted by atomic mass is 10.1. The van der Waals surface area contributed by atoms with Crippen LogP contribution in [0, 0.1) is 0 Å². The van der Waals surface area contributed by atoms with Crippen molar-refractivity contribution >= 4 is 11.6 Å². The summed E-state index contributed by atoms with van der Waals surface area (Å²) >= 11 is 0. The van der Waals surface area contributed by atoms with Crippen LogP contribution >= 0.6 is 0 Å². The first-order chi connectivity index (χ1) is 8.04. The van der Waals surface area contributed by atoms with Gasteiger partial charge in [-0.3, -0.25) is 9.48 Å². The van der Waals surface area contributed by atoms with Crippen molar-refractivity contribution in [3.63, 3.8) is 0 Å². The number of carbonyl (C=O) groups is 1. The third-order valence-corrected chi connectivity index (χ3v) is 2.46. The molecule has 0 saturated heterocycles. The minimum atomic E-state index is 0.0286. The van der Waals surface area contributed by atoms with Crippen molar-refractivity contribution in [3.8, 4) is 0 Å². The van der Waals surface area contributed by atoms with E-state index in [1.54, 1.807) is 4.68 Å². The van der Waals surface area contributed by atoms with E-state index in [0.717, 1.165) is 17.9 Å². The SMILES string of the molecule is CCNCCC(=O)Nc1cn(C)nc1C(C)C. The van der Waals surface area contributed by atoms with E-state index in [2.05, 4.69) is 29.6 Å². The molecule has 0 radical (unpaired) electrons. The standard InChI is InChI=1S/C12H22N4O/c1-5-13-7-6-11(17)14-10-8-16(4)15-12(10)9(2)3/h8-9,13H,5-7H2,1-4H3,(H,14,17). The third-order valence-electron chi connectivity index (χ3n) is 2.46. The van der Waals surface area contributed by atoms with E-state index >= 15 is 0 Å². The van der Waals surface area contributed by atoms with Gasteiger partial charge in [-0.15, -0.1) is 0 Å². The van der Waals surface area contributed by atoms with Crippen LogP contribution in [0.4, 0.5) is 5.69 Å². The predicted molar refractivity (Wildman–Crippen MR) is 69.1 cm³/mol. The first-order valence-corrected chi connectivity index (χ1v) is 6.08. The number of anilines is 1. The van der Waals surface area contributed by atoms with Gasteiger partial charge in [0.2, 0.25) is 5.91 Å². The molecule has 0 saturated carbocycles. The lowest BCUT2D eigenvalue weighted by Gasteiger charge is -2.07. The number of nitrogens with one attached hydrogen (secondary N) is 2. The van der Waals surface area contributed by atoms with Gasteiger partial charge in [-0.1, -0.05) is 20.8 Å². The molecule has 2 N–H and O–H groups in total. The van der Waals surface area contributed by atoms with Crippen LogP contribution in [-0.2, 0) is 11.8 Å². The maximum Gasteiger partial charge on any atom is 0.225 e. The molecule has 1 aromatic rings. The lowest BCUT2D eigenvalue weighted by molar-refractivity contribution is -0.116. The van der Waals surface area contributed by atoms with E-state index in [1.807, 2.05) is 20.2 Å². The highest BCUT2D eigenvalue weighted by Gasteiger charge is 2.13. The number of amides is 1. The molecular formula is C12H22N4O. The van der Waals surface area contributed by atoms with Crippen molar-refractivity contribution in [2.75, 3.05) is 18.4 Å². The molecule has 17 heavy (non-hydrogen) atoms. The van der Waals surface area contributed by atoms with E-state index in [-0.39, 0.29) is 5.91 Å². The molecule has 0 unspecified atom stereocenters. The molecule has 0 fully saturated rings. The maximum absolute atomic E-state index is 11.7. The Kier molecular flexibility index (Phi) is 5.15. The van der Waals surface area contributed by atoms with Gasteiger partial charge in [0, 0.05) is 26.2 Å². The molecule has 96 valence electrons. The minimum absolute atomic E-state index is 0.0286. The summed E-state index contributed by atoms with van der Waals surface area (Å²) in [6, 6.07) is 0. The molecule has 5 nitrogen and oxygen atoms in total. The Morgan fingerprint density at radius 1 is 1.53 bits per heavy atom. The second kappa shape index (κ2) is 6.39. The number of aromatic nitrogens is 2. The topological polar surface area (TPSA) is 59.0 Å². The number of hydrogen-bond acceptors (Lipinski definition) is 3. The number of carbonyl (C=O) groups excluding carboxylic acids is 1. The highest BCUT2D eigenvalue weighted by molar-refractivity contribution is 5.91. The Labute approximate surface area is 103 Å². The molecule has 0 bridgehead atoms. The average molecular weight is 238 g/mol. The molecule has 0 aliphatic heterocycles. The average Bonchev–Trinajstić information content (AvgIpc) is 2.60. The van der Waals surface area contributed by atoms with Crippen LogP contribution in [0.15, 0.2) is 6.20 Å². The van der Waals surface area contributed by atoms with Gasteiger partial charge in [-0.2, -0.15) is 5.10 Å². The van der Waals surface area contributed by atoms with Crippen LogP contribution in [0.5, 0.6) is 0 Å². The molecule has 0 atom stereocenters. The summed E-state index contributed by atoms with van der Waals surface area (Å²) in [7, 11) is 1.86. The van der Waals surface area contributed by atoms with Gasteiger partial charge < -0.3 is 10.6 Å². The van der Waals surface area contributed by atoms with E-state index < -0.39 is 0 Å². The van der Waals surface area contributed by atoms with Crippen LogP contribution in [0.25, 0.3) is 0 Å². The van der Waals surface area contributed by atoms with Gasteiger partial charge in [0.25, 0.3) is 0 Å². The smallest absolute Gasteiger partial charge is 0.225 e. The summed E-state index contributed by atoms with van der Waals surface area (Å²) in [5.74, 6) is 0.334. The summed E-state index contributed by atoms with van der Waals surface area (Å²) in [6.45, 7) is 7.75. The monoisotopic (exact) mass is 238 g/mol. The zero-order valence-corrected chi connectivity index (χ0v) is 11.1. The van der Waals surface area contributed by atoms with Crippen LogP contribution < -0.4 is 10.6 Å². The zero-order valence-electron chi connectivity index (χ0n) is 11.1. The van der Waals surface area contributed by atoms with Gasteiger partial charge >= 0.3 is 0 Å². The van der Waals surface area contributed by atoms with Crippen molar-refractivity contribution in [1.29, 1.82) is 0 Å². The Morgan fingerprint density at radius 3 is 2.82 bits per heavy atom.